The van der Waals surface area contributed by atoms with Crippen molar-refractivity contribution < 1.29 is 42.9 Å². The van der Waals surface area contributed by atoms with Crippen molar-refractivity contribution in [1.29, 1.82) is 0 Å². The summed E-state index contributed by atoms with van der Waals surface area (Å²) in [4.78, 5) is 36.9. The molecular formula is C45H78NO8+. The highest BCUT2D eigenvalue weighted by atomic mass is 16.7. The fourth-order valence-corrected chi connectivity index (χ4v) is 5.32. The number of carboxylic acid groups (broad SMARTS) is 1. The Morgan fingerprint density at radius 1 is 0.574 bits per heavy atom. The van der Waals surface area contributed by atoms with Crippen LogP contribution < -0.4 is 0 Å². The largest absolute Gasteiger partial charge is 0.477 e. The van der Waals surface area contributed by atoms with Gasteiger partial charge in [-0.05, 0) is 38.5 Å². The van der Waals surface area contributed by atoms with Gasteiger partial charge in [0.1, 0.15) is 13.2 Å². The number of unbranched alkanes of at least 4 members (excludes halogenated alkanes) is 13. The molecule has 0 aromatic heterocycles. The molecule has 9 nitrogen and oxygen atoms in total. The van der Waals surface area contributed by atoms with Crippen LogP contribution in [0.25, 0.3) is 0 Å². The molecule has 0 fully saturated rings. The summed E-state index contributed by atoms with van der Waals surface area (Å²) in [6.07, 6.45) is 40.2. The Kier molecular flexibility index (Phi) is 34.9. The summed E-state index contributed by atoms with van der Waals surface area (Å²) in [5.41, 5.74) is 0. The van der Waals surface area contributed by atoms with Crippen LogP contribution in [-0.2, 0) is 33.3 Å². The third-order valence-corrected chi connectivity index (χ3v) is 8.57. The summed E-state index contributed by atoms with van der Waals surface area (Å²) in [5, 5.41) is 9.60. The predicted octanol–water partition coefficient (Wildman–Crippen LogP) is 10.6. The maximum atomic E-state index is 12.7. The molecule has 0 aliphatic rings. The number of quaternary nitrogens is 1. The van der Waals surface area contributed by atoms with Crippen molar-refractivity contribution in [2.45, 2.75) is 161 Å². The van der Waals surface area contributed by atoms with Gasteiger partial charge in [-0.25, -0.2) is 4.79 Å². The van der Waals surface area contributed by atoms with Gasteiger partial charge in [0.05, 0.1) is 40.8 Å². The van der Waals surface area contributed by atoms with Gasteiger partial charge in [0, 0.05) is 6.42 Å². The third kappa shape index (κ3) is 37.3. The molecule has 0 heterocycles. The van der Waals surface area contributed by atoms with Crippen LogP contribution >= 0.6 is 0 Å². The smallest absolute Gasteiger partial charge is 0.361 e. The molecule has 1 N–H and O–H groups in total. The van der Waals surface area contributed by atoms with Gasteiger partial charge < -0.3 is 28.5 Å². The summed E-state index contributed by atoms with van der Waals surface area (Å²) >= 11 is 0. The lowest BCUT2D eigenvalue weighted by Gasteiger charge is -2.25. The molecular weight excluding hydrogens is 682 g/mol. The van der Waals surface area contributed by atoms with E-state index in [-0.39, 0.29) is 38.6 Å². The lowest BCUT2D eigenvalue weighted by atomic mass is 10.0. The summed E-state index contributed by atoms with van der Waals surface area (Å²) in [7, 11) is 5.92. The first-order chi connectivity index (χ1) is 26.1. The highest BCUT2D eigenvalue weighted by Crippen LogP contribution is 2.14. The molecule has 2 atom stereocenters. The summed E-state index contributed by atoms with van der Waals surface area (Å²) in [6.45, 7) is 4.62. The minimum atomic E-state index is -1.53. The van der Waals surface area contributed by atoms with Gasteiger partial charge in [-0.1, -0.05) is 158 Å². The van der Waals surface area contributed by atoms with Crippen molar-refractivity contribution in [3.05, 3.63) is 60.8 Å². The number of hydrogen-bond acceptors (Lipinski definition) is 7. The van der Waals surface area contributed by atoms with Crippen molar-refractivity contribution in [1.82, 2.24) is 0 Å². The van der Waals surface area contributed by atoms with Gasteiger partial charge in [0.2, 0.25) is 0 Å². The van der Waals surface area contributed by atoms with E-state index in [4.69, 9.17) is 18.9 Å². The normalized spacial score (nSPS) is 13.6. The van der Waals surface area contributed by atoms with Gasteiger partial charge in [0.15, 0.2) is 6.10 Å². The Balaban J connectivity index is 4.63. The lowest BCUT2D eigenvalue weighted by molar-refractivity contribution is -0.870. The second kappa shape index (κ2) is 36.9. The molecule has 0 bridgehead atoms. The van der Waals surface area contributed by atoms with Crippen molar-refractivity contribution in [3.8, 4) is 0 Å². The number of nitrogens with zero attached hydrogens (tertiary/aromatic N) is 1. The van der Waals surface area contributed by atoms with Crippen molar-refractivity contribution in [3.63, 3.8) is 0 Å². The van der Waals surface area contributed by atoms with E-state index in [1.54, 1.807) is 6.08 Å². The van der Waals surface area contributed by atoms with Crippen LogP contribution in [0, 0.1) is 0 Å². The van der Waals surface area contributed by atoms with E-state index in [0.717, 1.165) is 44.9 Å². The van der Waals surface area contributed by atoms with Gasteiger partial charge >= 0.3 is 17.9 Å². The Hall–Kier alpha value is -3.01. The number of carbonyl (C=O) groups is 3. The molecule has 0 amide bonds. The molecule has 0 radical (unpaired) electrons. The molecule has 0 saturated carbocycles. The Labute approximate surface area is 329 Å². The number of carbonyl (C=O) groups excluding carboxylic acids is 2. The van der Waals surface area contributed by atoms with Gasteiger partial charge in [0.25, 0.3) is 6.29 Å². The molecule has 54 heavy (non-hydrogen) atoms. The Bertz CT molecular complexity index is 1070. The van der Waals surface area contributed by atoms with Crippen LogP contribution in [0.4, 0.5) is 0 Å². The first-order valence-corrected chi connectivity index (χ1v) is 21.0. The molecule has 9 heteroatoms. The van der Waals surface area contributed by atoms with Crippen molar-refractivity contribution in [2.24, 2.45) is 0 Å². The Morgan fingerprint density at radius 3 is 1.50 bits per heavy atom. The topological polar surface area (TPSA) is 108 Å². The van der Waals surface area contributed by atoms with E-state index in [1.165, 1.54) is 70.6 Å². The maximum Gasteiger partial charge on any atom is 0.361 e. The van der Waals surface area contributed by atoms with E-state index in [2.05, 4.69) is 56.4 Å². The molecule has 0 aliphatic heterocycles. The molecule has 0 saturated heterocycles. The molecule has 0 aromatic rings. The van der Waals surface area contributed by atoms with E-state index in [1.807, 2.05) is 33.3 Å². The molecule has 0 aromatic carbocycles. The quantitative estimate of drug-likeness (QED) is 0.0219. The van der Waals surface area contributed by atoms with Crippen LogP contribution in [0.15, 0.2) is 60.8 Å². The minimum absolute atomic E-state index is 0.0272. The number of rotatable bonds is 37. The number of allylic oxidation sites excluding steroid dienone is 9. The fourth-order valence-electron chi connectivity index (χ4n) is 5.32. The van der Waals surface area contributed by atoms with E-state index >= 15 is 0 Å². The zero-order valence-corrected chi connectivity index (χ0v) is 34.9. The number of aliphatic carboxylic acids is 1. The Morgan fingerprint density at radius 2 is 1.04 bits per heavy atom. The second-order valence-corrected chi connectivity index (χ2v) is 14.9. The van der Waals surface area contributed by atoms with E-state index in [9.17, 15) is 19.5 Å². The summed E-state index contributed by atoms with van der Waals surface area (Å²) in [5.74, 6) is -2.18. The number of esters is 2. The van der Waals surface area contributed by atoms with Crippen LogP contribution in [0.5, 0.6) is 0 Å². The highest BCUT2D eigenvalue weighted by molar-refractivity contribution is 5.72. The summed E-state index contributed by atoms with van der Waals surface area (Å²) < 4.78 is 22.5. The van der Waals surface area contributed by atoms with Gasteiger partial charge in [-0.2, -0.15) is 0 Å². The first kappa shape index (κ1) is 51.0. The van der Waals surface area contributed by atoms with Crippen LogP contribution in [0.3, 0.4) is 0 Å². The molecule has 2 unspecified atom stereocenters. The second-order valence-electron chi connectivity index (χ2n) is 14.9. The van der Waals surface area contributed by atoms with Crippen LogP contribution in [-0.4, -0.2) is 87.4 Å². The number of carboxylic acids is 1. The van der Waals surface area contributed by atoms with Gasteiger partial charge in [-0.3, -0.25) is 9.59 Å². The molecule has 0 aliphatic carbocycles. The maximum absolute atomic E-state index is 12.7. The minimum Gasteiger partial charge on any atom is -0.477 e. The number of likely N-dealkylation sites (N-methyl/N-ethyl adjacent to an activating group) is 1. The SMILES string of the molecule is CC/C=C\C/C=C\C/C=C\C/C=C\C/C=C\CC(=O)OC(COC(=O)CCCCCCCCCCCCCCCC)COC(OCC[N+](C)(C)C)C(=O)O. The number of hydrogen-bond donors (Lipinski definition) is 1. The third-order valence-electron chi connectivity index (χ3n) is 8.57. The molecule has 0 spiro atoms. The van der Waals surface area contributed by atoms with Crippen LogP contribution in [0.2, 0.25) is 0 Å². The fraction of sp³-hybridized carbons (Fsp3) is 0.711. The van der Waals surface area contributed by atoms with E-state index < -0.39 is 24.3 Å². The standard InChI is InChI=1S/C45H77NO8/c1-6-8-10-12-14-16-18-20-22-24-26-28-30-32-34-36-43(48)54-41(40-53-45(44(49)50)51-38-37-46(3,4)5)39-52-42(47)35-33-31-29-27-25-23-21-19-17-15-13-11-9-7-2/h8,10,14,16,20,22,26,28,32,34,41,45H,6-7,9,11-13,15,17-19,21,23-25,27,29-31,33,35-40H2,1-5H3/p+1/b10-8-,16-14-,22-20-,28-26-,34-32-. The van der Waals surface area contributed by atoms with Crippen LogP contribution in [0.1, 0.15) is 149 Å². The van der Waals surface area contributed by atoms with E-state index in [0.29, 0.717) is 17.4 Å². The average Bonchev–Trinajstić information content (AvgIpc) is 3.12. The monoisotopic (exact) mass is 761 g/mol. The average molecular weight is 761 g/mol. The number of ether oxygens (including phenoxy) is 4. The molecule has 310 valence electrons. The van der Waals surface area contributed by atoms with Crippen molar-refractivity contribution >= 4 is 17.9 Å². The highest BCUT2D eigenvalue weighted by Gasteiger charge is 2.24. The molecule has 0 rings (SSSR count). The zero-order chi connectivity index (χ0) is 40.0. The predicted molar refractivity (Wildman–Crippen MR) is 221 cm³/mol. The zero-order valence-electron chi connectivity index (χ0n) is 34.9. The summed E-state index contributed by atoms with van der Waals surface area (Å²) in [6, 6.07) is 0. The van der Waals surface area contributed by atoms with Crippen molar-refractivity contribution in [2.75, 3.05) is 47.5 Å². The van der Waals surface area contributed by atoms with Gasteiger partial charge in [-0.15, -0.1) is 0 Å². The first-order valence-electron chi connectivity index (χ1n) is 21.0. The lowest BCUT2D eigenvalue weighted by Crippen LogP contribution is -2.40.